The number of Topliss-reactive ketones (excluding diaryl/α,β-unsaturated/α-hetero) is 1. The summed E-state index contributed by atoms with van der Waals surface area (Å²) in [5.74, 6) is -0.212. The molecule has 8 heteroatoms. The Morgan fingerprint density at radius 2 is 1.96 bits per heavy atom. The van der Waals surface area contributed by atoms with E-state index >= 15 is 0 Å². The van der Waals surface area contributed by atoms with Crippen molar-refractivity contribution in [1.29, 1.82) is 0 Å². The highest BCUT2D eigenvalue weighted by molar-refractivity contribution is 6.06. The molecular formula is C20H28N4O4. The van der Waals surface area contributed by atoms with E-state index in [2.05, 4.69) is 10.3 Å². The van der Waals surface area contributed by atoms with Crippen LogP contribution in [0.4, 0.5) is 0 Å². The van der Waals surface area contributed by atoms with Gasteiger partial charge in [0, 0.05) is 30.6 Å². The van der Waals surface area contributed by atoms with Gasteiger partial charge >= 0.3 is 0 Å². The Morgan fingerprint density at radius 1 is 1.36 bits per heavy atom. The fraction of sp³-hybridized carbons (Fsp3) is 0.500. The van der Waals surface area contributed by atoms with Crippen LogP contribution in [-0.2, 0) is 14.4 Å². The van der Waals surface area contributed by atoms with Gasteiger partial charge in [0.05, 0.1) is 17.5 Å². The van der Waals surface area contributed by atoms with Gasteiger partial charge in [-0.1, -0.05) is 55.3 Å². The number of nitrogens with two attached hydrogens (primary N) is 1. The minimum absolute atomic E-state index is 0.0294. The van der Waals surface area contributed by atoms with Crippen molar-refractivity contribution in [3.8, 4) is 0 Å². The monoisotopic (exact) mass is 388 g/mol. The number of oxime groups is 2. The summed E-state index contributed by atoms with van der Waals surface area (Å²) in [7, 11) is 1.69. The molecule has 0 saturated carbocycles. The molecule has 28 heavy (non-hydrogen) atoms. The lowest BCUT2D eigenvalue weighted by Gasteiger charge is -2.28. The number of amidine groups is 1. The third kappa shape index (κ3) is 4.49. The van der Waals surface area contributed by atoms with Crippen LogP contribution in [0.5, 0.6) is 0 Å². The van der Waals surface area contributed by atoms with E-state index in [-0.39, 0.29) is 29.9 Å². The van der Waals surface area contributed by atoms with Gasteiger partial charge in [0.15, 0.2) is 5.84 Å². The van der Waals surface area contributed by atoms with Crippen molar-refractivity contribution in [2.24, 2.45) is 27.4 Å². The zero-order valence-corrected chi connectivity index (χ0v) is 17.0. The number of nitrogens with zero attached hydrogens (tertiary/aromatic N) is 3. The van der Waals surface area contributed by atoms with Crippen molar-refractivity contribution < 1.29 is 19.6 Å². The molecule has 0 spiro atoms. The van der Waals surface area contributed by atoms with E-state index in [0.717, 1.165) is 11.3 Å². The Morgan fingerprint density at radius 3 is 2.50 bits per heavy atom. The zero-order chi connectivity index (χ0) is 21.1. The fourth-order valence-corrected chi connectivity index (χ4v) is 3.05. The molecule has 152 valence electrons. The van der Waals surface area contributed by atoms with Gasteiger partial charge in [0.2, 0.25) is 5.91 Å². The molecule has 0 fully saturated rings. The smallest absolute Gasteiger partial charge is 0.226 e. The Kier molecular flexibility index (Phi) is 6.43. The van der Waals surface area contributed by atoms with Crippen molar-refractivity contribution >= 4 is 23.2 Å². The molecular weight excluding hydrogens is 360 g/mol. The maximum Gasteiger partial charge on any atom is 0.226 e. The maximum absolute atomic E-state index is 12.6. The van der Waals surface area contributed by atoms with Crippen LogP contribution >= 0.6 is 0 Å². The van der Waals surface area contributed by atoms with E-state index in [9.17, 15) is 9.59 Å². The highest BCUT2D eigenvalue weighted by Crippen LogP contribution is 2.36. The first kappa shape index (κ1) is 21.4. The van der Waals surface area contributed by atoms with E-state index in [1.165, 1.54) is 6.92 Å². The first-order valence-corrected chi connectivity index (χ1v) is 9.15. The molecule has 1 aromatic rings. The molecule has 1 aliphatic heterocycles. The average Bonchev–Trinajstić information content (AvgIpc) is 2.95. The molecule has 0 bridgehead atoms. The molecule has 0 radical (unpaired) electrons. The molecule has 0 saturated heterocycles. The summed E-state index contributed by atoms with van der Waals surface area (Å²) in [5, 5.41) is 16.0. The van der Waals surface area contributed by atoms with Gasteiger partial charge in [0.25, 0.3) is 0 Å². The standard InChI is InChI=1S/C20H28N4O4/c1-12(13(2)25)11-24(5)17(26)10-16-20(3,4)18(23-28-16)14-6-8-15(9-7-14)19(21)22-27/h6-9,12,16,27H,10-11H2,1-5H3,(H2,21,22). The summed E-state index contributed by atoms with van der Waals surface area (Å²) in [5.41, 5.74) is 7.27. The van der Waals surface area contributed by atoms with Crippen LogP contribution in [0.25, 0.3) is 0 Å². The van der Waals surface area contributed by atoms with Gasteiger partial charge in [-0.2, -0.15) is 0 Å². The van der Waals surface area contributed by atoms with Crippen molar-refractivity contribution in [3.05, 3.63) is 35.4 Å². The number of hydrogen-bond donors (Lipinski definition) is 2. The van der Waals surface area contributed by atoms with Gasteiger partial charge < -0.3 is 20.7 Å². The van der Waals surface area contributed by atoms with Crippen molar-refractivity contribution in [2.45, 2.75) is 40.2 Å². The average molecular weight is 388 g/mol. The first-order valence-electron chi connectivity index (χ1n) is 9.15. The van der Waals surface area contributed by atoms with E-state index in [0.29, 0.717) is 12.1 Å². The van der Waals surface area contributed by atoms with Crippen LogP contribution in [0.1, 0.15) is 45.2 Å². The lowest BCUT2D eigenvalue weighted by molar-refractivity contribution is -0.135. The molecule has 0 aliphatic carbocycles. The van der Waals surface area contributed by atoms with E-state index in [4.69, 9.17) is 15.8 Å². The Balaban J connectivity index is 2.07. The first-order chi connectivity index (χ1) is 13.1. The Bertz CT molecular complexity index is 799. The molecule has 1 amide bonds. The summed E-state index contributed by atoms with van der Waals surface area (Å²) in [6, 6.07) is 7.11. The zero-order valence-electron chi connectivity index (χ0n) is 17.0. The summed E-state index contributed by atoms with van der Waals surface area (Å²) in [6.07, 6.45) is -0.239. The normalized spacial score (nSPS) is 19.5. The van der Waals surface area contributed by atoms with Crippen molar-refractivity contribution in [1.82, 2.24) is 4.90 Å². The molecule has 8 nitrogen and oxygen atoms in total. The van der Waals surface area contributed by atoms with E-state index in [1.807, 2.05) is 26.0 Å². The van der Waals surface area contributed by atoms with Gasteiger partial charge in [-0.25, -0.2) is 0 Å². The van der Waals surface area contributed by atoms with Crippen LogP contribution in [-0.4, -0.2) is 53.0 Å². The van der Waals surface area contributed by atoms with E-state index < -0.39 is 11.5 Å². The second kappa shape index (κ2) is 8.41. The number of carbonyl (C=O) groups is 2. The van der Waals surface area contributed by atoms with Crippen molar-refractivity contribution in [3.63, 3.8) is 0 Å². The molecule has 1 aliphatic rings. The quantitative estimate of drug-likeness (QED) is 0.320. The number of hydrogen-bond acceptors (Lipinski definition) is 6. The summed E-state index contributed by atoms with van der Waals surface area (Å²) in [6.45, 7) is 7.67. The highest BCUT2D eigenvalue weighted by atomic mass is 16.6. The number of rotatable bonds is 7. The van der Waals surface area contributed by atoms with Gasteiger partial charge in [-0.15, -0.1) is 0 Å². The minimum atomic E-state index is -0.485. The summed E-state index contributed by atoms with van der Waals surface area (Å²) >= 11 is 0. The lowest BCUT2D eigenvalue weighted by atomic mass is 9.78. The van der Waals surface area contributed by atoms with E-state index in [1.54, 1.807) is 31.0 Å². The Labute approximate surface area is 165 Å². The Hall–Kier alpha value is -2.90. The fourth-order valence-electron chi connectivity index (χ4n) is 3.05. The minimum Gasteiger partial charge on any atom is -0.409 e. The van der Waals surface area contributed by atoms with Crippen molar-refractivity contribution in [2.75, 3.05) is 13.6 Å². The predicted octanol–water partition coefficient (Wildman–Crippen LogP) is 1.98. The number of benzene rings is 1. The number of ketones is 1. The molecule has 0 aromatic heterocycles. The number of amides is 1. The maximum atomic E-state index is 12.6. The topological polar surface area (TPSA) is 118 Å². The summed E-state index contributed by atoms with van der Waals surface area (Å²) < 4.78 is 0. The third-order valence-electron chi connectivity index (χ3n) is 5.28. The van der Waals surface area contributed by atoms with Crippen LogP contribution in [0, 0.1) is 11.3 Å². The van der Waals surface area contributed by atoms with Gasteiger partial charge in [0.1, 0.15) is 11.9 Å². The molecule has 1 heterocycles. The van der Waals surface area contributed by atoms with Crippen LogP contribution in [0.3, 0.4) is 0 Å². The van der Waals surface area contributed by atoms with Crippen LogP contribution < -0.4 is 5.73 Å². The SMILES string of the molecule is CC(=O)C(C)CN(C)C(=O)CC1ON=C(c2ccc(/C(N)=N/O)cc2)C1(C)C. The molecule has 2 rings (SSSR count). The third-order valence-corrected chi connectivity index (χ3v) is 5.28. The predicted molar refractivity (Wildman–Crippen MR) is 106 cm³/mol. The van der Waals surface area contributed by atoms with Gasteiger partial charge in [-0.05, 0) is 6.92 Å². The summed E-state index contributed by atoms with van der Waals surface area (Å²) in [4.78, 5) is 31.2. The second-order valence-corrected chi connectivity index (χ2v) is 7.81. The molecule has 2 atom stereocenters. The van der Waals surface area contributed by atoms with Crippen LogP contribution in [0.2, 0.25) is 0 Å². The second-order valence-electron chi connectivity index (χ2n) is 7.81. The number of carbonyl (C=O) groups excluding carboxylic acids is 2. The lowest BCUT2D eigenvalue weighted by Crippen LogP contribution is -2.40. The highest BCUT2D eigenvalue weighted by Gasteiger charge is 2.44. The van der Waals surface area contributed by atoms with Gasteiger partial charge in [-0.3, -0.25) is 9.59 Å². The van der Waals surface area contributed by atoms with Crippen LogP contribution in [0.15, 0.2) is 34.6 Å². The molecule has 1 aromatic carbocycles. The molecule has 3 N–H and O–H groups in total. The largest absolute Gasteiger partial charge is 0.409 e. The molecule has 2 unspecified atom stereocenters.